The van der Waals surface area contributed by atoms with Crippen molar-refractivity contribution in [3.8, 4) is 0 Å². The summed E-state index contributed by atoms with van der Waals surface area (Å²) in [6.07, 6.45) is 12.7. The van der Waals surface area contributed by atoms with E-state index in [-0.39, 0.29) is 5.97 Å². The number of hydrogen-bond acceptors (Lipinski definition) is 2. The second kappa shape index (κ2) is 13.9. The van der Waals surface area contributed by atoms with Gasteiger partial charge in [0.05, 0.1) is 6.61 Å². The fourth-order valence-electron chi connectivity index (χ4n) is 2.14. The van der Waals surface area contributed by atoms with Gasteiger partial charge in [0, 0.05) is 6.42 Å². The molecule has 0 fully saturated rings. The first-order chi connectivity index (χ1) is 9.16. The molecule has 0 rings (SSSR count). The molecular weight excluding hydrogens is 236 g/mol. The van der Waals surface area contributed by atoms with Gasteiger partial charge in [0.15, 0.2) is 0 Å². The van der Waals surface area contributed by atoms with Gasteiger partial charge < -0.3 is 4.74 Å². The van der Waals surface area contributed by atoms with E-state index in [4.69, 9.17) is 4.74 Å². The minimum atomic E-state index is -0.00175. The molecule has 0 aliphatic carbocycles. The molecule has 0 aromatic rings. The third kappa shape index (κ3) is 15.4. The maximum atomic E-state index is 11.5. The lowest BCUT2D eigenvalue weighted by molar-refractivity contribution is -0.143. The van der Waals surface area contributed by atoms with Crippen molar-refractivity contribution >= 4 is 5.97 Å². The van der Waals surface area contributed by atoms with Crippen molar-refractivity contribution in [2.45, 2.75) is 91.4 Å². The van der Waals surface area contributed by atoms with Crippen LogP contribution in [-0.4, -0.2) is 12.6 Å². The van der Waals surface area contributed by atoms with Crippen molar-refractivity contribution in [1.82, 2.24) is 0 Å². The third-order valence-corrected chi connectivity index (χ3v) is 3.42. The Morgan fingerprint density at radius 2 is 1.53 bits per heavy atom. The minimum absolute atomic E-state index is 0.00175. The van der Waals surface area contributed by atoms with E-state index >= 15 is 0 Å². The van der Waals surface area contributed by atoms with Crippen LogP contribution in [0.15, 0.2) is 0 Å². The Bertz CT molecular complexity index is 199. The number of hydrogen-bond donors (Lipinski definition) is 0. The van der Waals surface area contributed by atoms with Crippen molar-refractivity contribution in [3.05, 3.63) is 0 Å². The normalized spacial score (nSPS) is 10.9. The minimum Gasteiger partial charge on any atom is -0.466 e. The Morgan fingerprint density at radius 3 is 2.21 bits per heavy atom. The monoisotopic (exact) mass is 270 g/mol. The summed E-state index contributed by atoms with van der Waals surface area (Å²) in [5.74, 6) is 0.776. The van der Waals surface area contributed by atoms with Gasteiger partial charge >= 0.3 is 5.97 Å². The molecule has 0 aromatic carbocycles. The van der Waals surface area contributed by atoms with Gasteiger partial charge in [0.1, 0.15) is 0 Å². The fraction of sp³-hybridized carbons (Fsp3) is 0.941. The summed E-state index contributed by atoms with van der Waals surface area (Å²) in [6.45, 7) is 7.34. The van der Waals surface area contributed by atoms with Crippen molar-refractivity contribution in [3.63, 3.8) is 0 Å². The molecule has 19 heavy (non-hydrogen) atoms. The third-order valence-electron chi connectivity index (χ3n) is 3.42. The first-order valence-corrected chi connectivity index (χ1v) is 8.32. The van der Waals surface area contributed by atoms with Gasteiger partial charge in [-0.25, -0.2) is 0 Å². The zero-order valence-corrected chi connectivity index (χ0v) is 13.4. The summed E-state index contributed by atoms with van der Waals surface area (Å²) in [7, 11) is 0. The summed E-state index contributed by atoms with van der Waals surface area (Å²) in [6, 6.07) is 0. The number of unbranched alkanes of at least 4 members (excludes halogenated alkanes) is 7. The van der Waals surface area contributed by atoms with Crippen molar-refractivity contribution in [2.75, 3.05) is 6.61 Å². The molecule has 114 valence electrons. The quantitative estimate of drug-likeness (QED) is 0.326. The summed E-state index contributed by atoms with van der Waals surface area (Å²) in [5, 5.41) is 0. The van der Waals surface area contributed by atoms with E-state index in [9.17, 15) is 4.79 Å². The maximum absolute atomic E-state index is 11.5. The highest BCUT2D eigenvalue weighted by Crippen LogP contribution is 2.10. The number of carbonyl (C=O) groups excluding carboxylic acids is 1. The molecule has 0 saturated heterocycles. The summed E-state index contributed by atoms with van der Waals surface area (Å²) < 4.78 is 5.24. The van der Waals surface area contributed by atoms with Crippen LogP contribution in [-0.2, 0) is 9.53 Å². The predicted octanol–water partition coefficient (Wildman–Crippen LogP) is 5.50. The number of rotatable bonds is 13. The number of carbonyl (C=O) groups is 1. The smallest absolute Gasteiger partial charge is 0.305 e. The summed E-state index contributed by atoms with van der Waals surface area (Å²) >= 11 is 0. The van der Waals surface area contributed by atoms with Crippen LogP contribution in [0.5, 0.6) is 0 Å². The molecule has 0 spiro atoms. The molecule has 0 unspecified atom stereocenters. The molecule has 0 radical (unpaired) electrons. The second-order valence-corrected chi connectivity index (χ2v) is 5.98. The first-order valence-electron chi connectivity index (χ1n) is 8.32. The molecule has 0 N–H and O–H groups in total. The zero-order valence-electron chi connectivity index (χ0n) is 13.4. The van der Waals surface area contributed by atoms with Gasteiger partial charge in [-0.15, -0.1) is 0 Å². The van der Waals surface area contributed by atoms with Crippen molar-refractivity contribution in [2.24, 2.45) is 5.92 Å². The van der Waals surface area contributed by atoms with Crippen molar-refractivity contribution in [1.29, 1.82) is 0 Å². The summed E-state index contributed by atoms with van der Waals surface area (Å²) in [5.41, 5.74) is 0. The van der Waals surface area contributed by atoms with Crippen LogP contribution in [0.1, 0.15) is 91.4 Å². The Hall–Kier alpha value is -0.530. The largest absolute Gasteiger partial charge is 0.466 e. The van der Waals surface area contributed by atoms with Gasteiger partial charge in [-0.2, -0.15) is 0 Å². The molecule has 0 heterocycles. The van der Waals surface area contributed by atoms with Crippen molar-refractivity contribution < 1.29 is 9.53 Å². The van der Waals surface area contributed by atoms with Gasteiger partial charge in [0.25, 0.3) is 0 Å². The average Bonchev–Trinajstić information content (AvgIpc) is 2.37. The van der Waals surface area contributed by atoms with Crippen LogP contribution >= 0.6 is 0 Å². The zero-order chi connectivity index (χ0) is 14.3. The van der Waals surface area contributed by atoms with Gasteiger partial charge in [-0.05, 0) is 18.8 Å². The molecule has 0 atom stereocenters. The average molecular weight is 270 g/mol. The first kappa shape index (κ1) is 18.5. The number of ether oxygens (including phenoxy) is 1. The van der Waals surface area contributed by atoms with Crippen LogP contribution in [0.4, 0.5) is 0 Å². The highest BCUT2D eigenvalue weighted by atomic mass is 16.5. The Kier molecular flexibility index (Phi) is 13.5. The second-order valence-electron chi connectivity index (χ2n) is 5.98. The summed E-state index contributed by atoms with van der Waals surface area (Å²) in [4.78, 5) is 11.5. The van der Waals surface area contributed by atoms with E-state index in [1.165, 1.54) is 44.9 Å². The van der Waals surface area contributed by atoms with E-state index in [2.05, 4.69) is 20.8 Å². The Morgan fingerprint density at radius 1 is 0.895 bits per heavy atom. The van der Waals surface area contributed by atoms with E-state index in [1.807, 2.05) is 0 Å². The van der Waals surface area contributed by atoms with Crippen LogP contribution in [0, 0.1) is 5.92 Å². The Balaban J connectivity index is 3.17. The van der Waals surface area contributed by atoms with E-state index in [1.54, 1.807) is 0 Å². The molecule has 2 nitrogen and oxygen atoms in total. The lowest BCUT2D eigenvalue weighted by Crippen LogP contribution is -2.05. The van der Waals surface area contributed by atoms with Crippen LogP contribution in [0.3, 0.4) is 0 Å². The molecule has 0 saturated carbocycles. The highest BCUT2D eigenvalue weighted by molar-refractivity contribution is 5.69. The van der Waals surface area contributed by atoms with Gasteiger partial charge in [0.2, 0.25) is 0 Å². The fourth-order valence-corrected chi connectivity index (χ4v) is 2.14. The van der Waals surface area contributed by atoms with E-state index in [0.717, 1.165) is 25.2 Å². The van der Waals surface area contributed by atoms with E-state index in [0.29, 0.717) is 13.0 Å². The molecule has 0 aliphatic heterocycles. The highest BCUT2D eigenvalue weighted by Gasteiger charge is 2.02. The molecular formula is C17H34O2. The van der Waals surface area contributed by atoms with Crippen LogP contribution in [0.25, 0.3) is 0 Å². The van der Waals surface area contributed by atoms with Gasteiger partial charge in [-0.3, -0.25) is 4.79 Å². The molecule has 0 bridgehead atoms. The maximum Gasteiger partial charge on any atom is 0.305 e. The SMILES string of the molecule is CCCCCCCCOC(=O)CCCCCC(C)C. The Labute approximate surface area is 120 Å². The molecule has 2 heteroatoms. The van der Waals surface area contributed by atoms with Crippen LogP contribution < -0.4 is 0 Å². The van der Waals surface area contributed by atoms with Gasteiger partial charge in [-0.1, -0.05) is 72.1 Å². The molecule has 0 aliphatic rings. The topological polar surface area (TPSA) is 26.3 Å². The molecule has 0 amide bonds. The lowest BCUT2D eigenvalue weighted by Gasteiger charge is -2.06. The predicted molar refractivity (Wildman–Crippen MR) is 82.3 cm³/mol. The van der Waals surface area contributed by atoms with E-state index < -0.39 is 0 Å². The standard InChI is InChI=1S/C17H34O2/c1-4-5-6-7-8-12-15-19-17(18)14-11-9-10-13-16(2)3/h16H,4-15H2,1-3H3. The van der Waals surface area contributed by atoms with Crippen LogP contribution in [0.2, 0.25) is 0 Å². The number of esters is 1. The lowest BCUT2D eigenvalue weighted by atomic mass is 10.0. The molecule has 0 aromatic heterocycles.